The molecule has 3 heterocycles. The molecule has 31 heavy (non-hydrogen) atoms. The lowest BCUT2D eigenvalue weighted by atomic mass is 10.1. The highest BCUT2D eigenvalue weighted by Gasteiger charge is 2.31. The Labute approximate surface area is 173 Å². The van der Waals surface area contributed by atoms with E-state index < -0.39 is 23.1 Å². The Balaban J connectivity index is 0.000000229. The molecule has 4 rings (SSSR count). The van der Waals surface area contributed by atoms with Gasteiger partial charge in [0.05, 0.1) is 11.3 Å². The van der Waals surface area contributed by atoms with Gasteiger partial charge in [0.1, 0.15) is 5.69 Å². The summed E-state index contributed by atoms with van der Waals surface area (Å²) in [5.74, 6) is 0.443. The molecule has 2 N–H and O–H groups in total. The van der Waals surface area contributed by atoms with Crippen LogP contribution in [0.2, 0.25) is 0 Å². The lowest BCUT2D eigenvalue weighted by Crippen LogP contribution is -2.27. The zero-order chi connectivity index (χ0) is 22.6. The van der Waals surface area contributed by atoms with Gasteiger partial charge in [0.2, 0.25) is 0 Å². The molecule has 0 spiro atoms. The second kappa shape index (κ2) is 8.94. The maximum atomic E-state index is 11.9. The first-order valence-corrected chi connectivity index (χ1v) is 9.24. The summed E-state index contributed by atoms with van der Waals surface area (Å²) in [6.45, 7) is 3.73. The minimum Gasteiger partial charge on any atom is -0.313 e. The molecule has 0 radical (unpaired) electrons. The van der Waals surface area contributed by atoms with Crippen LogP contribution in [0.1, 0.15) is 30.0 Å². The largest absolute Gasteiger partial charge is 0.433 e. The van der Waals surface area contributed by atoms with Crippen molar-refractivity contribution < 1.29 is 13.2 Å². The smallest absolute Gasteiger partial charge is 0.313 e. The van der Waals surface area contributed by atoms with Crippen molar-refractivity contribution in [2.45, 2.75) is 24.9 Å². The summed E-state index contributed by atoms with van der Waals surface area (Å²) in [4.78, 5) is 35.1. The normalized spacial score (nSPS) is 14.0. The number of pyridine rings is 1. The van der Waals surface area contributed by atoms with E-state index in [-0.39, 0.29) is 0 Å². The SMILES string of the molecule is C=Cn1nc(-c2c[nH]c(=O)[nH]c2=O)cc(C2CC2)c1=NC.FC(F)(F)c1ccccn1. The Morgan fingerprint density at radius 2 is 2.03 bits per heavy atom. The van der Waals surface area contributed by atoms with Crippen LogP contribution < -0.4 is 16.7 Å². The van der Waals surface area contributed by atoms with E-state index in [0.29, 0.717) is 17.2 Å². The Hall–Kier alpha value is -3.76. The van der Waals surface area contributed by atoms with Crippen LogP contribution in [0.3, 0.4) is 0 Å². The fourth-order valence-electron chi connectivity index (χ4n) is 2.85. The Bertz CT molecular complexity index is 1250. The Morgan fingerprint density at radius 1 is 1.29 bits per heavy atom. The summed E-state index contributed by atoms with van der Waals surface area (Å²) < 4.78 is 36.7. The number of hydrogen-bond donors (Lipinski definition) is 2. The van der Waals surface area contributed by atoms with E-state index >= 15 is 0 Å². The molecular weight excluding hydrogens is 413 g/mol. The summed E-state index contributed by atoms with van der Waals surface area (Å²) in [6, 6.07) is 5.54. The van der Waals surface area contributed by atoms with Gasteiger partial charge in [0.25, 0.3) is 5.56 Å². The highest BCUT2D eigenvalue weighted by atomic mass is 19.4. The van der Waals surface area contributed by atoms with E-state index in [1.54, 1.807) is 17.9 Å². The van der Waals surface area contributed by atoms with Crippen molar-refractivity contribution in [2.24, 2.45) is 4.99 Å². The van der Waals surface area contributed by atoms with E-state index in [1.165, 1.54) is 18.3 Å². The number of nitrogens with zero attached hydrogens (tertiary/aromatic N) is 4. The van der Waals surface area contributed by atoms with Gasteiger partial charge in [-0.05, 0) is 37.0 Å². The average molecular weight is 432 g/mol. The lowest BCUT2D eigenvalue weighted by molar-refractivity contribution is -0.141. The van der Waals surface area contributed by atoms with Gasteiger partial charge in [-0.2, -0.15) is 18.3 Å². The number of aromatic nitrogens is 5. The molecule has 3 aromatic heterocycles. The summed E-state index contributed by atoms with van der Waals surface area (Å²) in [6.07, 6.45) is 1.92. The molecule has 1 fully saturated rings. The van der Waals surface area contributed by atoms with Gasteiger partial charge in [0, 0.05) is 31.2 Å². The van der Waals surface area contributed by atoms with Gasteiger partial charge in [-0.15, -0.1) is 0 Å². The third-order valence-electron chi connectivity index (χ3n) is 4.44. The van der Waals surface area contributed by atoms with Gasteiger partial charge in [0.15, 0.2) is 5.49 Å². The maximum Gasteiger partial charge on any atom is 0.433 e. The number of alkyl halides is 3. The summed E-state index contributed by atoms with van der Waals surface area (Å²) in [7, 11) is 1.70. The highest BCUT2D eigenvalue weighted by Crippen LogP contribution is 2.39. The monoisotopic (exact) mass is 432 g/mol. The number of nitrogens with one attached hydrogen (secondary N) is 2. The average Bonchev–Trinajstić information content (AvgIpc) is 3.58. The van der Waals surface area contributed by atoms with E-state index in [2.05, 4.69) is 31.6 Å². The van der Waals surface area contributed by atoms with Crippen LogP contribution in [0.4, 0.5) is 13.2 Å². The van der Waals surface area contributed by atoms with Gasteiger partial charge < -0.3 is 4.98 Å². The number of aromatic amines is 2. The van der Waals surface area contributed by atoms with E-state index in [0.717, 1.165) is 36.2 Å². The van der Waals surface area contributed by atoms with E-state index in [9.17, 15) is 22.8 Å². The molecular formula is C20H19F3N6O2. The molecule has 0 saturated heterocycles. The minimum absolute atomic E-state index is 0.315. The topological polar surface area (TPSA) is 109 Å². The van der Waals surface area contributed by atoms with Gasteiger partial charge in [-0.25, -0.2) is 9.48 Å². The van der Waals surface area contributed by atoms with Crippen molar-refractivity contribution in [3.8, 4) is 11.3 Å². The van der Waals surface area contributed by atoms with Crippen molar-refractivity contribution in [2.75, 3.05) is 7.05 Å². The predicted molar refractivity (Wildman–Crippen MR) is 108 cm³/mol. The lowest BCUT2D eigenvalue weighted by Gasteiger charge is -2.09. The molecule has 11 heteroatoms. The number of halogens is 3. The second-order valence-corrected chi connectivity index (χ2v) is 6.63. The van der Waals surface area contributed by atoms with Crippen LogP contribution in [0.5, 0.6) is 0 Å². The quantitative estimate of drug-likeness (QED) is 0.663. The Kier molecular flexibility index (Phi) is 6.33. The molecule has 0 atom stereocenters. The summed E-state index contributed by atoms with van der Waals surface area (Å²) in [5.41, 5.74) is 0.740. The number of H-pyrrole nitrogens is 2. The third-order valence-corrected chi connectivity index (χ3v) is 4.44. The maximum absolute atomic E-state index is 11.9. The van der Waals surface area contributed by atoms with Crippen LogP contribution in [-0.2, 0) is 6.18 Å². The van der Waals surface area contributed by atoms with Crippen molar-refractivity contribution in [1.82, 2.24) is 24.7 Å². The standard InChI is InChI=1S/C14H15N5O2.C6H4F3N/c1-3-19-12(15-2)9(8-4-5-8)6-11(18-19)10-7-16-14(21)17-13(10)20;7-6(8,9)5-3-1-2-4-10-5/h3,6-8H,1,4-5H2,2H3,(H2,16,17,20,21);1-4H. The van der Waals surface area contributed by atoms with Crippen LogP contribution in [0.25, 0.3) is 17.5 Å². The van der Waals surface area contributed by atoms with Crippen LogP contribution in [0, 0.1) is 0 Å². The zero-order valence-electron chi connectivity index (χ0n) is 16.5. The van der Waals surface area contributed by atoms with Crippen LogP contribution >= 0.6 is 0 Å². The van der Waals surface area contributed by atoms with Gasteiger partial charge in [-0.1, -0.05) is 12.6 Å². The minimum atomic E-state index is -4.32. The predicted octanol–water partition coefficient (Wildman–Crippen LogP) is 2.54. The molecule has 3 aromatic rings. The van der Waals surface area contributed by atoms with Crippen molar-refractivity contribution in [3.63, 3.8) is 0 Å². The van der Waals surface area contributed by atoms with Gasteiger partial charge in [-0.3, -0.25) is 19.8 Å². The first-order valence-electron chi connectivity index (χ1n) is 9.24. The van der Waals surface area contributed by atoms with Crippen molar-refractivity contribution in [1.29, 1.82) is 0 Å². The van der Waals surface area contributed by atoms with E-state index in [1.807, 2.05) is 6.07 Å². The second-order valence-electron chi connectivity index (χ2n) is 6.63. The molecule has 0 bridgehead atoms. The van der Waals surface area contributed by atoms with Gasteiger partial charge >= 0.3 is 11.9 Å². The summed E-state index contributed by atoms with van der Waals surface area (Å²) in [5, 5.41) is 4.36. The first kappa shape index (κ1) is 21.9. The molecule has 1 aliphatic rings. The fourth-order valence-corrected chi connectivity index (χ4v) is 2.85. The molecule has 1 aliphatic carbocycles. The van der Waals surface area contributed by atoms with Crippen molar-refractivity contribution >= 4 is 6.20 Å². The molecule has 0 amide bonds. The first-order chi connectivity index (χ1) is 14.7. The summed E-state index contributed by atoms with van der Waals surface area (Å²) >= 11 is 0. The number of rotatable bonds is 3. The van der Waals surface area contributed by atoms with Crippen LogP contribution in [-0.4, -0.2) is 31.8 Å². The van der Waals surface area contributed by atoms with Crippen molar-refractivity contribution in [3.05, 3.63) is 80.8 Å². The molecule has 0 aromatic carbocycles. The van der Waals surface area contributed by atoms with Crippen LogP contribution in [0.15, 0.2) is 57.8 Å². The third kappa shape index (κ3) is 5.24. The highest BCUT2D eigenvalue weighted by molar-refractivity contribution is 5.57. The molecule has 162 valence electrons. The molecule has 0 aliphatic heterocycles. The number of hydrogen-bond acceptors (Lipinski definition) is 5. The molecule has 8 nitrogen and oxygen atoms in total. The molecule has 0 unspecified atom stereocenters. The zero-order valence-corrected chi connectivity index (χ0v) is 16.5. The van der Waals surface area contributed by atoms with E-state index in [4.69, 9.17) is 0 Å². The fraction of sp³-hybridized carbons (Fsp3) is 0.250. The molecule has 1 saturated carbocycles. The Morgan fingerprint density at radius 3 is 2.52 bits per heavy atom.